The Kier molecular flexibility index (Phi) is 5.58. The molecule has 6 nitrogen and oxygen atoms in total. The minimum absolute atomic E-state index is 0.0812. The summed E-state index contributed by atoms with van der Waals surface area (Å²) in [5.41, 5.74) is -0.367. The lowest BCUT2D eigenvalue weighted by molar-refractivity contribution is 0.0521. The summed E-state index contributed by atoms with van der Waals surface area (Å²) in [6.07, 6.45) is -0.536. The van der Waals surface area contributed by atoms with Crippen LogP contribution in [0.3, 0.4) is 0 Å². The molecule has 6 heteroatoms. The van der Waals surface area contributed by atoms with Gasteiger partial charge in [-0.05, 0) is 39.8 Å². The first-order valence-corrected chi connectivity index (χ1v) is 6.75. The SMILES string of the molecule is CC(CNC(=O)OC(C)(C)C)NC(=O)c1ccccc1O. The Hall–Kier alpha value is -2.24. The number of benzene rings is 1. The van der Waals surface area contributed by atoms with E-state index in [0.717, 1.165) is 0 Å². The molecule has 1 atom stereocenters. The van der Waals surface area contributed by atoms with Gasteiger partial charge in [-0.15, -0.1) is 0 Å². The molecule has 0 bridgehead atoms. The molecule has 0 fully saturated rings. The monoisotopic (exact) mass is 294 g/mol. The van der Waals surface area contributed by atoms with E-state index >= 15 is 0 Å². The molecule has 0 aromatic heterocycles. The fourth-order valence-corrected chi connectivity index (χ4v) is 1.57. The molecule has 1 aromatic carbocycles. The number of alkyl carbamates (subject to hydrolysis) is 1. The molecule has 21 heavy (non-hydrogen) atoms. The molecule has 3 N–H and O–H groups in total. The van der Waals surface area contributed by atoms with Crippen molar-refractivity contribution in [2.24, 2.45) is 0 Å². The van der Waals surface area contributed by atoms with Crippen molar-refractivity contribution in [1.29, 1.82) is 0 Å². The highest BCUT2D eigenvalue weighted by Crippen LogP contribution is 2.15. The van der Waals surface area contributed by atoms with E-state index in [9.17, 15) is 14.7 Å². The van der Waals surface area contributed by atoms with Crippen LogP contribution >= 0.6 is 0 Å². The van der Waals surface area contributed by atoms with Crippen molar-refractivity contribution < 1.29 is 19.4 Å². The van der Waals surface area contributed by atoms with E-state index in [4.69, 9.17) is 4.74 Å². The number of aromatic hydroxyl groups is 1. The van der Waals surface area contributed by atoms with E-state index in [-0.39, 0.29) is 23.9 Å². The zero-order valence-electron chi connectivity index (χ0n) is 12.8. The van der Waals surface area contributed by atoms with Gasteiger partial charge in [0.15, 0.2) is 0 Å². The molecule has 0 aliphatic carbocycles. The van der Waals surface area contributed by atoms with Crippen LogP contribution in [0.1, 0.15) is 38.1 Å². The molecule has 0 heterocycles. The van der Waals surface area contributed by atoms with Gasteiger partial charge in [0.25, 0.3) is 5.91 Å². The lowest BCUT2D eigenvalue weighted by Crippen LogP contribution is -2.43. The van der Waals surface area contributed by atoms with E-state index < -0.39 is 17.6 Å². The van der Waals surface area contributed by atoms with Crippen molar-refractivity contribution in [3.63, 3.8) is 0 Å². The average Bonchev–Trinajstić information content (AvgIpc) is 2.34. The molecular weight excluding hydrogens is 272 g/mol. The minimum Gasteiger partial charge on any atom is -0.507 e. The number of carbonyl (C=O) groups excluding carboxylic acids is 2. The maximum Gasteiger partial charge on any atom is 0.407 e. The number of phenols is 1. The van der Waals surface area contributed by atoms with E-state index in [2.05, 4.69) is 10.6 Å². The van der Waals surface area contributed by atoms with Crippen molar-refractivity contribution >= 4 is 12.0 Å². The van der Waals surface area contributed by atoms with Gasteiger partial charge in [-0.25, -0.2) is 4.79 Å². The first-order valence-electron chi connectivity index (χ1n) is 6.75. The summed E-state index contributed by atoms with van der Waals surface area (Å²) in [5, 5.41) is 14.8. The van der Waals surface area contributed by atoms with Crippen molar-refractivity contribution in [1.82, 2.24) is 10.6 Å². The zero-order chi connectivity index (χ0) is 16.0. The largest absolute Gasteiger partial charge is 0.507 e. The average molecular weight is 294 g/mol. The number of hydrogen-bond donors (Lipinski definition) is 3. The van der Waals surface area contributed by atoms with Gasteiger partial charge in [-0.3, -0.25) is 4.79 Å². The fraction of sp³-hybridized carbons (Fsp3) is 0.467. The molecule has 0 radical (unpaired) electrons. The minimum atomic E-state index is -0.563. The highest BCUT2D eigenvalue weighted by molar-refractivity contribution is 5.96. The molecule has 0 saturated carbocycles. The van der Waals surface area contributed by atoms with Gasteiger partial charge in [0.1, 0.15) is 11.4 Å². The zero-order valence-corrected chi connectivity index (χ0v) is 12.8. The number of rotatable bonds is 4. The van der Waals surface area contributed by atoms with Crippen molar-refractivity contribution in [2.45, 2.75) is 39.3 Å². The number of para-hydroxylation sites is 1. The molecule has 0 aliphatic heterocycles. The number of amides is 2. The van der Waals surface area contributed by atoms with Gasteiger partial charge in [0.05, 0.1) is 5.56 Å². The summed E-state index contributed by atoms with van der Waals surface area (Å²) in [6.45, 7) is 7.30. The standard InChI is InChI=1S/C15H22N2O4/c1-10(9-16-14(20)21-15(2,3)4)17-13(19)11-7-5-6-8-12(11)18/h5-8,10,18H,9H2,1-4H3,(H,16,20)(H,17,19). The smallest absolute Gasteiger partial charge is 0.407 e. The fourth-order valence-electron chi connectivity index (χ4n) is 1.57. The topological polar surface area (TPSA) is 87.7 Å². The Morgan fingerprint density at radius 1 is 1.29 bits per heavy atom. The summed E-state index contributed by atoms with van der Waals surface area (Å²) in [7, 11) is 0. The Morgan fingerprint density at radius 3 is 2.48 bits per heavy atom. The van der Waals surface area contributed by atoms with Crippen molar-refractivity contribution in [3.8, 4) is 5.75 Å². The molecule has 1 unspecified atom stereocenters. The van der Waals surface area contributed by atoms with Crippen LogP contribution < -0.4 is 10.6 Å². The van der Waals surface area contributed by atoms with Crippen LogP contribution in [0, 0.1) is 0 Å². The number of phenolic OH excluding ortho intramolecular Hbond substituents is 1. The summed E-state index contributed by atoms with van der Waals surface area (Å²) in [4.78, 5) is 23.4. The third kappa shape index (κ3) is 6.16. The summed E-state index contributed by atoms with van der Waals surface area (Å²) in [5.74, 6) is -0.478. The quantitative estimate of drug-likeness (QED) is 0.793. The van der Waals surface area contributed by atoms with Crippen LogP contribution in [0.15, 0.2) is 24.3 Å². The highest BCUT2D eigenvalue weighted by Gasteiger charge is 2.17. The second-order valence-electron chi connectivity index (χ2n) is 5.77. The van der Waals surface area contributed by atoms with E-state index in [1.165, 1.54) is 12.1 Å². The third-order valence-electron chi connectivity index (χ3n) is 2.48. The summed E-state index contributed by atoms with van der Waals surface area (Å²) >= 11 is 0. The molecule has 0 spiro atoms. The van der Waals surface area contributed by atoms with E-state index in [1.54, 1.807) is 39.8 Å². The van der Waals surface area contributed by atoms with Gasteiger partial charge in [0, 0.05) is 12.6 Å². The predicted molar refractivity (Wildman–Crippen MR) is 79.3 cm³/mol. The lowest BCUT2D eigenvalue weighted by atomic mass is 10.2. The molecule has 2 amide bonds. The van der Waals surface area contributed by atoms with Gasteiger partial charge in [-0.1, -0.05) is 12.1 Å². The molecule has 0 aliphatic rings. The maximum absolute atomic E-state index is 11.9. The second-order valence-corrected chi connectivity index (χ2v) is 5.77. The molecule has 0 saturated heterocycles. The van der Waals surface area contributed by atoms with Crippen LogP contribution in [0.25, 0.3) is 0 Å². The molecule has 116 valence electrons. The Morgan fingerprint density at radius 2 is 1.90 bits per heavy atom. The van der Waals surface area contributed by atoms with Crippen LogP contribution in [0.2, 0.25) is 0 Å². The number of hydrogen-bond acceptors (Lipinski definition) is 4. The van der Waals surface area contributed by atoms with Crippen LogP contribution in [-0.4, -0.2) is 35.3 Å². The van der Waals surface area contributed by atoms with E-state index in [0.29, 0.717) is 0 Å². The molecule has 1 aromatic rings. The van der Waals surface area contributed by atoms with Crippen LogP contribution in [-0.2, 0) is 4.74 Å². The maximum atomic E-state index is 11.9. The van der Waals surface area contributed by atoms with Crippen LogP contribution in [0.5, 0.6) is 5.75 Å². The van der Waals surface area contributed by atoms with Crippen molar-refractivity contribution in [3.05, 3.63) is 29.8 Å². The Balaban J connectivity index is 2.44. The summed E-state index contributed by atoms with van der Waals surface area (Å²) < 4.78 is 5.09. The van der Waals surface area contributed by atoms with Crippen LogP contribution in [0.4, 0.5) is 4.79 Å². The first-order chi connectivity index (χ1) is 9.69. The Labute approximate surface area is 124 Å². The summed E-state index contributed by atoms with van der Waals surface area (Å²) in [6, 6.07) is 5.97. The molecular formula is C15H22N2O4. The number of nitrogens with one attached hydrogen (secondary N) is 2. The number of ether oxygens (including phenoxy) is 1. The Bertz CT molecular complexity index is 509. The van der Waals surface area contributed by atoms with Crippen molar-refractivity contribution in [2.75, 3.05) is 6.54 Å². The molecule has 1 rings (SSSR count). The van der Waals surface area contributed by atoms with Gasteiger partial charge >= 0.3 is 6.09 Å². The predicted octanol–water partition coefficient (Wildman–Crippen LogP) is 2.04. The normalized spacial score (nSPS) is 12.4. The van der Waals surface area contributed by atoms with E-state index in [1.807, 2.05) is 0 Å². The highest BCUT2D eigenvalue weighted by atomic mass is 16.6. The van der Waals surface area contributed by atoms with Gasteiger partial charge in [0.2, 0.25) is 0 Å². The number of carbonyl (C=O) groups is 2. The lowest BCUT2D eigenvalue weighted by Gasteiger charge is -2.21. The second kappa shape index (κ2) is 6.97. The van der Waals surface area contributed by atoms with Gasteiger partial charge in [-0.2, -0.15) is 0 Å². The third-order valence-corrected chi connectivity index (χ3v) is 2.48. The van der Waals surface area contributed by atoms with Gasteiger partial charge < -0.3 is 20.5 Å². The first kappa shape index (κ1) is 16.8.